The third-order valence-corrected chi connectivity index (χ3v) is 4.36. The van der Waals surface area contributed by atoms with Crippen molar-refractivity contribution in [3.05, 3.63) is 75.2 Å². The standard InChI is InChI=1S/C20H16ClF2N3O4/c1-11-9-15(27)18(25-26(11)14-6-4-3-5-13(14)21)19(28)24-12-7-8-16(29-2)17(10-12)30-20(22)23/h3-10,20H,1-2H3,(H,24,28). The van der Waals surface area contributed by atoms with Crippen LogP contribution in [0.15, 0.2) is 53.3 Å². The van der Waals surface area contributed by atoms with Gasteiger partial charge in [-0.1, -0.05) is 23.7 Å². The maximum Gasteiger partial charge on any atom is 0.387 e. The lowest BCUT2D eigenvalue weighted by atomic mass is 10.2. The molecule has 156 valence electrons. The Balaban J connectivity index is 1.95. The predicted octanol–water partition coefficient (Wildman–Crippen LogP) is 4.06. The summed E-state index contributed by atoms with van der Waals surface area (Å²) in [6.07, 6.45) is 0. The van der Waals surface area contributed by atoms with E-state index in [9.17, 15) is 18.4 Å². The summed E-state index contributed by atoms with van der Waals surface area (Å²) in [6, 6.07) is 12.0. The Kier molecular flexibility index (Phi) is 6.31. The number of aromatic nitrogens is 2. The molecule has 0 saturated carbocycles. The fourth-order valence-electron chi connectivity index (χ4n) is 2.70. The third kappa shape index (κ3) is 4.57. The van der Waals surface area contributed by atoms with Crippen molar-refractivity contribution in [3.8, 4) is 17.2 Å². The number of rotatable bonds is 6. The minimum atomic E-state index is -3.08. The highest BCUT2D eigenvalue weighted by molar-refractivity contribution is 6.32. The molecule has 3 rings (SSSR count). The van der Waals surface area contributed by atoms with Gasteiger partial charge in [-0.2, -0.15) is 13.9 Å². The van der Waals surface area contributed by atoms with Crippen LogP contribution >= 0.6 is 11.6 Å². The number of anilines is 1. The van der Waals surface area contributed by atoms with Gasteiger partial charge in [-0.05, 0) is 31.2 Å². The molecule has 30 heavy (non-hydrogen) atoms. The monoisotopic (exact) mass is 435 g/mol. The van der Waals surface area contributed by atoms with Crippen molar-refractivity contribution in [2.75, 3.05) is 12.4 Å². The zero-order chi connectivity index (χ0) is 21.8. The van der Waals surface area contributed by atoms with E-state index in [1.165, 1.54) is 30.0 Å². The molecule has 1 N–H and O–H groups in total. The normalized spacial score (nSPS) is 10.7. The summed E-state index contributed by atoms with van der Waals surface area (Å²) < 4.78 is 35.9. The van der Waals surface area contributed by atoms with Crippen LogP contribution < -0.4 is 20.2 Å². The number of benzene rings is 2. The Morgan fingerprint density at radius 2 is 1.90 bits per heavy atom. The van der Waals surface area contributed by atoms with Gasteiger partial charge in [-0.15, -0.1) is 0 Å². The second-order valence-corrected chi connectivity index (χ2v) is 6.47. The van der Waals surface area contributed by atoms with Crippen LogP contribution in [0.25, 0.3) is 5.69 Å². The zero-order valence-corrected chi connectivity index (χ0v) is 16.6. The van der Waals surface area contributed by atoms with Crippen molar-refractivity contribution >= 4 is 23.2 Å². The fourth-order valence-corrected chi connectivity index (χ4v) is 2.92. The van der Waals surface area contributed by atoms with E-state index in [0.29, 0.717) is 16.4 Å². The molecule has 0 unspecified atom stereocenters. The van der Waals surface area contributed by atoms with E-state index in [1.54, 1.807) is 31.2 Å². The number of methoxy groups -OCH3 is 1. The van der Waals surface area contributed by atoms with E-state index in [0.717, 1.165) is 6.07 Å². The quantitative estimate of drug-likeness (QED) is 0.631. The van der Waals surface area contributed by atoms with E-state index >= 15 is 0 Å². The number of hydrogen-bond acceptors (Lipinski definition) is 5. The molecule has 0 spiro atoms. The number of nitrogens with zero attached hydrogens (tertiary/aromatic N) is 2. The fraction of sp³-hybridized carbons (Fsp3) is 0.150. The van der Waals surface area contributed by atoms with Crippen LogP contribution in [0.2, 0.25) is 5.02 Å². The molecule has 1 amide bonds. The molecule has 0 aliphatic carbocycles. The van der Waals surface area contributed by atoms with E-state index in [1.807, 2.05) is 0 Å². The van der Waals surface area contributed by atoms with Crippen LogP contribution in [-0.4, -0.2) is 29.4 Å². The van der Waals surface area contributed by atoms with E-state index in [4.69, 9.17) is 16.3 Å². The molecule has 0 saturated heterocycles. The molecular weight excluding hydrogens is 420 g/mol. The average Bonchev–Trinajstić information content (AvgIpc) is 2.68. The van der Waals surface area contributed by atoms with Gasteiger partial charge in [0.25, 0.3) is 5.91 Å². The summed E-state index contributed by atoms with van der Waals surface area (Å²) in [4.78, 5) is 25.0. The number of ether oxygens (including phenoxy) is 2. The van der Waals surface area contributed by atoms with Crippen molar-refractivity contribution in [2.24, 2.45) is 0 Å². The molecule has 1 heterocycles. The third-order valence-electron chi connectivity index (χ3n) is 4.04. The van der Waals surface area contributed by atoms with Crippen LogP contribution in [0.1, 0.15) is 16.2 Å². The molecule has 0 fully saturated rings. The number of amides is 1. The summed E-state index contributed by atoms with van der Waals surface area (Å²) in [5, 5.41) is 6.97. The number of hydrogen-bond donors (Lipinski definition) is 1. The number of alkyl halides is 2. The maximum atomic E-state index is 12.7. The van der Waals surface area contributed by atoms with Gasteiger partial charge in [0.05, 0.1) is 17.8 Å². The molecule has 3 aromatic rings. The summed E-state index contributed by atoms with van der Waals surface area (Å²) in [5.74, 6) is -1.03. The molecule has 0 radical (unpaired) electrons. The SMILES string of the molecule is COc1ccc(NC(=O)c2nn(-c3ccccc3Cl)c(C)cc2=O)cc1OC(F)F. The number of carbonyl (C=O) groups is 1. The Labute approximate surface area is 174 Å². The number of aryl methyl sites for hydroxylation is 1. The summed E-state index contributed by atoms with van der Waals surface area (Å²) in [7, 11) is 1.29. The zero-order valence-electron chi connectivity index (χ0n) is 15.9. The first-order chi connectivity index (χ1) is 14.3. The summed E-state index contributed by atoms with van der Waals surface area (Å²) >= 11 is 6.19. The molecule has 0 aliphatic rings. The molecule has 2 aromatic carbocycles. The second kappa shape index (κ2) is 8.91. The first-order valence-corrected chi connectivity index (χ1v) is 8.98. The first kappa shape index (κ1) is 21.3. The van der Waals surface area contributed by atoms with Crippen molar-refractivity contribution in [3.63, 3.8) is 0 Å². The van der Waals surface area contributed by atoms with E-state index in [2.05, 4.69) is 15.2 Å². The number of para-hydroxylation sites is 1. The lowest BCUT2D eigenvalue weighted by Crippen LogP contribution is -2.27. The second-order valence-electron chi connectivity index (χ2n) is 6.06. The van der Waals surface area contributed by atoms with Gasteiger partial charge in [0.15, 0.2) is 17.2 Å². The highest BCUT2D eigenvalue weighted by Gasteiger charge is 2.18. The largest absolute Gasteiger partial charge is 0.493 e. The highest BCUT2D eigenvalue weighted by Crippen LogP contribution is 2.31. The van der Waals surface area contributed by atoms with Crippen molar-refractivity contribution < 1.29 is 23.0 Å². The molecule has 10 heteroatoms. The minimum Gasteiger partial charge on any atom is -0.493 e. The van der Waals surface area contributed by atoms with Crippen LogP contribution in [0.5, 0.6) is 11.5 Å². The Morgan fingerprint density at radius 1 is 1.17 bits per heavy atom. The molecule has 0 aliphatic heterocycles. The number of nitrogens with one attached hydrogen (secondary N) is 1. The Hall–Kier alpha value is -3.46. The lowest BCUT2D eigenvalue weighted by Gasteiger charge is -2.14. The van der Waals surface area contributed by atoms with Gasteiger partial charge in [-0.25, -0.2) is 4.68 Å². The highest BCUT2D eigenvalue weighted by atomic mass is 35.5. The van der Waals surface area contributed by atoms with Gasteiger partial charge >= 0.3 is 6.61 Å². The average molecular weight is 436 g/mol. The van der Waals surface area contributed by atoms with Gasteiger partial charge < -0.3 is 14.8 Å². The van der Waals surface area contributed by atoms with E-state index < -0.39 is 23.6 Å². The van der Waals surface area contributed by atoms with Gasteiger partial charge in [0, 0.05) is 23.5 Å². The maximum absolute atomic E-state index is 12.7. The molecule has 0 atom stereocenters. The molecule has 1 aromatic heterocycles. The van der Waals surface area contributed by atoms with Crippen molar-refractivity contribution in [2.45, 2.75) is 13.5 Å². The molecular formula is C20H16ClF2N3O4. The smallest absolute Gasteiger partial charge is 0.387 e. The summed E-state index contributed by atoms with van der Waals surface area (Å²) in [6.45, 7) is -1.43. The predicted molar refractivity (Wildman–Crippen MR) is 107 cm³/mol. The first-order valence-electron chi connectivity index (χ1n) is 8.60. The lowest BCUT2D eigenvalue weighted by molar-refractivity contribution is -0.0511. The van der Waals surface area contributed by atoms with Gasteiger partial charge in [0.1, 0.15) is 0 Å². The van der Waals surface area contributed by atoms with Crippen molar-refractivity contribution in [1.29, 1.82) is 0 Å². The number of halogens is 3. The minimum absolute atomic E-state index is 0.0582. The number of carbonyl (C=O) groups excluding carboxylic acids is 1. The molecule has 7 nitrogen and oxygen atoms in total. The Morgan fingerprint density at radius 3 is 2.57 bits per heavy atom. The summed E-state index contributed by atoms with van der Waals surface area (Å²) in [5.41, 5.74) is 0.0746. The van der Waals surface area contributed by atoms with Crippen LogP contribution in [0.3, 0.4) is 0 Å². The van der Waals surface area contributed by atoms with Crippen molar-refractivity contribution in [1.82, 2.24) is 9.78 Å². The van der Waals surface area contributed by atoms with Crippen LogP contribution in [-0.2, 0) is 0 Å². The van der Waals surface area contributed by atoms with Gasteiger partial charge in [-0.3, -0.25) is 9.59 Å². The Bertz CT molecular complexity index is 1150. The molecule has 0 bridgehead atoms. The van der Waals surface area contributed by atoms with Crippen LogP contribution in [0.4, 0.5) is 14.5 Å². The van der Waals surface area contributed by atoms with E-state index in [-0.39, 0.29) is 17.2 Å². The topological polar surface area (TPSA) is 82.5 Å². The van der Waals surface area contributed by atoms with Gasteiger partial charge in [0.2, 0.25) is 5.43 Å². The van der Waals surface area contributed by atoms with Crippen LogP contribution in [0, 0.1) is 6.92 Å².